The molecule has 0 fully saturated rings. The largest absolute Gasteiger partial charge is 0.304 e. The molecule has 0 heterocycles. The number of rotatable bonds is 4. The highest BCUT2D eigenvalue weighted by atomic mass is 32.5. The Morgan fingerprint density at radius 2 is 1.50 bits per heavy atom. The second-order valence-electron chi connectivity index (χ2n) is 2.27. The summed E-state index contributed by atoms with van der Waals surface area (Å²) in [5.41, 5.74) is 0. The molecule has 0 rings (SSSR count). The van der Waals surface area contributed by atoms with Gasteiger partial charge in [0.1, 0.15) is 0 Å². The van der Waals surface area contributed by atoms with E-state index in [9.17, 15) is 19.4 Å². The molecule has 0 saturated heterocycles. The fourth-order valence-corrected chi connectivity index (χ4v) is 0.964. The van der Waals surface area contributed by atoms with Gasteiger partial charge in [-0.3, -0.25) is 0 Å². The summed E-state index contributed by atoms with van der Waals surface area (Å²) in [5.74, 6) is 0. The minimum Gasteiger partial charge on any atom is -0.103 e. The van der Waals surface area contributed by atoms with E-state index in [-0.39, 0.29) is 12.8 Å². The normalized spacial score (nSPS) is 18.8. The fraction of sp³-hybridized carbons (Fsp3) is 0.333. The summed E-state index contributed by atoms with van der Waals surface area (Å²) in [6.07, 6.45) is 1.96. The molecule has 0 N–H and O–H groups in total. The van der Waals surface area contributed by atoms with Gasteiger partial charge < -0.3 is 0 Å². The molecule has 0 unspecified atom stereocenters. The van der Waals surface area contributed by atoms with Crippen LogP contribution in [0.15, 0.2) is 24.1 Å². The van der Waals surface area contributed by atoms with Crippen molar-refractivity contribution in [3.05, 3.63) is 24.1 Å². The molecule has 0 aromatic heterocycles. The lowest BCUT2D eigenvalue weighted by Gasteiger charge is -2.36. The molecule has 0 aromatic carbocycles. The van der Waals surface area contributed by atoms with Crippen molar-refractivity contribution in [1.82, 2.24) is 0 Å². The van der Waals surface area contributed by atoms with E-state index in [1.54, 1.807) is 0 Å². The zero-order chi connectivity index (χ0) is 9.94. The van der Waals surface area contributed by atoms with Crippen molar-refractivity contribution >= 4 is 10.2 Å². The molecule has 0 aliphatic rings. The minimum absolute atomic E-state index is 0.0743. The maximum absolute atomic E-state index is 11.5. The van der Waals surface area contributed by atoms with E-state index in [1.807, 2.05) is 0 Å². The van der Waals surface area contributed by atoms with Crippen molar-refractivity contribution in [3.8, 4) is 0 Å². The topological polar surface area (TPSA) is 0 Å². The van der Waals surface area contributed by atoms with E-state index in [2.05, 4.69) is 6.58 Å². The van der Waals surface area contributed by atoms with E-state index < -0.39 is 15.6 Å². The monoisotopic (exact) mass is 208 g/mol. The van der Waals surface area contributed by atoms with Gasteiger partial charge in [-0.15, -0.1) is 6.58 Å². The molecule has 12 heavy (non-hydrogen) atoms. The Morgan fingerprint density at radius 1 is 1.00 bits per heavy atom. The summed E-state index contributed by atoms with van der Waals surface area (Å²) in [6.45, 7) is 3.24. The van der Waals surface area contributed by atoms with Gasteiger partial charge >= 0.3 is 10.2 Å². The van der Waals surface area contributed by atoms with Crippen molar-refractivity contribution in [2.24, 2.45) is 0 Å². The molecule has 0 bridgehead atoms. The molecule has 0 aromatic rings. The summed E-state index contributed by atoms with van der Waals surface area (Å²) >= 11 is 0. The van der Waals surface area contributed by atoms with Gasteiger partial charge in [-0.2, -0.15) is 0 Å². The lowest BCUT2D eigenvalue weighted by molar-refractivity contribution is 0.384. The Morgan fingerprint density at radius 3 is 1.83 bits per heavy atom. The Labute approximate surface area is 67.5 Å². The van der Waals surface area contributed by atoms with Gasteiger partial charge in [0.05, 0.1) is 5.41 Å². The van der Waals surface area contributed by atoms with E-state index >= 15 is 0 Å². The quantitative estimate of drug-likeness (QED) is 0.355. The highest BCUT2D eigenvalue weighted by Crippen LogP contribution is 2.98. The average molecular weight is 208 g/mol. The van der Waals surface area contributed by atoms with Crippen LogP contribution < -0.4 is 0 Å². The van der Waals surface area contributed by atoms with Crippen molar-refractivity contribution in [2.45, 2.75) is 12.8 Å². The van der Waals surface area contributed by atoms with Crippen molar-refractivity contribution < 1.29 is 19.4 Å². The Hall–Kier alpha value is -0.520. The lowest BCUT2D eigenvalue weighted by Crippen LogP contribution is -1.98. The molecule has 74 valence electrons. The summed E-state index contributed by atoms with van der Waals surface area (Å²) in [7, 11) is -9.30. The van der Waals surface area contributed by atoms with E-state index in [0.717, 1.165) is 0 Å². The molecule has 0 radical (unpaired) electrons. The van der Waals surface area contributed by atoms with Gasteiger partial charge in [-0.1, -0.05) is 31.6 Å². The molecule has 0 saturated carbocycles. The Balaban J connectivity index is 4.26. The van der Waals surface area contributed by atoms with Gasteiger partial charge in [0, 0.05) is 0 Å². The second kappa shape index (κ2) is 2.48. The number of hydrogen-bond acceptors (Lipinski definition) is 0. The standard InChI is InChI=1S/C6H9F5S/c1-2-3-4-5-6-12(7,8,9,10)11/h2,5-6H,1,3-4H2/b6-5+. The molecule has 0 spiro atoms. The molecule has 0 aliphatic heterocycles. The average Bonchev–Trinajstić information content (AvgIpc) is 1.75. The van der Waals surface area contributed by atoms with Crippen LogP contribution in [0.2, 0.25) is 0 Å². The van der Waals surface area contributed by atoms with Crippen molar-refractivity contribution in [3.63, 3.8) is 0 Å². The maximum Gasteiger partial charge on any atom is 0.304 e. The zero-order valence-electron chi connectivity index (χ0n) is 6.15. The maximum atomic E-state index is 11.5. The van der Waals surface area contributed by atoms with Gasteiger partial charge in [-0.25, -0.2) is 0 Å². The Kier molecular flexibility index (Phi) is 2.37. The van der Waals surface area contributed by atoms with Gasteiger partial charge in [0.15, 0.2) is 0 Å². The Bertz CT molecular complexity index is 197. The van der Waals surface area contributed by atoms with Crippen LogP contribution in [-0.4, -0.2) is 0 Å². The van der Waals surface area contributed by atoms with Crippen LogP contribution in [0.1, 0.15) is 12.8 Å². The SMILES string of the molecule is C=CCC/C=C/S(F)(F)(F)(F)F. The second-order valence-corrected chi connectivity index (χ2v) is 4.60. The number of hydrogen-bond donors (Lipinski definition) is 0. The smallest absolute Gasteiger partial charge is 0.103 e. The first-order valence-electron chi connectivity index (χ1n) is 3.07. The molecule has 0 nitrogen and oxygen atoms in total. The third-order valence-corrected chi connectivity index (χ3v) is 1.60. The highest BCUT2D eigenvalue weighted by molar-refractivity contribution is 8.48. The fourth-order valence-electron chi connectivity index (χ4n) is 0.464. The van der Waals surface area contributed by atoms with Crippen molar-refractivity contribution in [2.75, 3.05) is 0 Å². The number of unbranched alkanes of at least 4 members (excludes halogenated alkanes) is 1. The van der Waals surface area contributed by atoms with Crippen LogP contribution >= 0.6 is 10.2 Å². The summed E-state index contributed by atoms with van der Waals surface area (Å²) in [5, 5.41) is -0.927. The van der Waals surface area contributed by atoms with Crippen LogP contribution in [0.4, 0.5) is 19.4 Å². The van der Waals surface area contributed by atoms with Crippen LogP contribution in [0.25, 0.3) is 0 Å². The molecule has 6 heteroatoms. The van der Waals surface area contributed by atoms with Crippen LogP contribution in [0.3, 0.4) is 0 Å². The molecule has 0 aliphatic carbocycles. The first kappa shape index (κ1) is 11.5. The zero-order valence-corrected chi connectivity index (χ0v) is 6.97. The van der Waals surface area contributed by atoms with E-state index in [4.69, 9.17) is 0 Å². The van der Waals surface area contributed by atoms with Crippen LogP contribution in [-0.2, 0) is 0 Å². The molecule has 0 atom stereocenters. The summed E-state index contributed by atoms with van der Waals surface area (Å²) in [4.78, 5) is 0. The minimum atomic E-state index is -9.30. The van der Waals surface area contributed by atoms with E-state index in [1.165, 1.54) is 6.08 Å². The summed E-state index contributed by atoms with van der Waals surface area (Å²) in [6, 6.07) is 0. The number of halogens is 5. The van der Waals surface area contributed by atoms with Gasteiger partial charge in [-0.05, 0) is 12.8 Å². The first-order chi connectivity index (χ1) is 5.04. The third-order valence-electron chi connectivity index (χ3n) is 0.891. The summed E-state index contributed by atoms with van der Waals surface area (Å²) < 4.78 is 57.7. The molecule has 0 amide bonds. The number of allylic oxidation sites excluding steroid dienone is 2. The van der Waals surface area contributed by atoms with Crippen molar-refractivity contribution in [1.29, 1.82) is 0 Å². The predicted molar refractivity (Wildman–Crippen MR) is 41.7 cm³/mol. The van der Waals surface area contributed by atoms with Crippen LogP contribution in [0.5, 0.6) is 0 Å². The van der Waals surface area contributed by atoms with Crippen LogP contribution in [0, 0.1) is 0 Å². The third kappa shape index (κ3) is 9.48. The van der Waals surface area contributed by atoms with E-state index in [0.29, 0.717) is 6.08 Å². The lowest BCUT2D eigenvalue weighted by atomic mass is 10.3. The first-order valence-corrected chi connectivity index (χ1v) is 5.08. The predicted octanol–water partition coefficient (Wildman–Crippen LogP) is 4.76. The molecular formula is C6H9F5S. The van der Waals surface area contributed by atoms with Gasteiger partial charge in [0.25, 0.3) is 0 Å². The highest BCUT2D eigenvalue weighted by Gasteiger charge is 2.60. The molecular weight excluding hydrogens is 199 g/mol. The van der Waals surface area contributed by atoms with Gasteiger partial charge in [0.2, 0.25) is 0 Å².